The van der Waals surface area contributed by atoms with Gasteiger partial charge >= 0.3 is 0 Å². The Balaban J connectivity index is 2.13. The molecular weight excluding hydrogens is 246 g/mol. The monoisotopic (exact) mass is 262 g/mol. The van der Waals surface area contributed by atoms with Crippen LogP contribution < -0.4 is 5.32 Å². The van der Waals surface area contributed by atoms with Crippen LogP contribution in [0.15, 0.2) is 42.5 Å². The number of halogens is 2. The molecular formula is C15H16F2N2. The maximum Gasteiger partial charge on any atom is 0.146 e. The Morgan fingerprint density at radius 3 is 2.32 bits per heavy atom. The molecule has 0 saturated carbocycles. The van der Waals surface area contributed by atoms with Crippen molar-refractivity contribution in [2.75, 3.05) is 19.4 Å². The van der Waals surface area contributed by atoms with Crippen LogP contribution in [0.5, 0.6) is 0 Å². The first-order chi connectivity index (χ1) is 9.04. The van der Waals surface area contributed by atoms with E-state index in [1.54, 1.807) is 0 Å². The van der Waals surface area contributed by atoms with Crippen molar-refractivity contribution in [3.63, 3.8) is 0 Å². The second-order valence-electron chi connectivity index (χ2n) is 4.68. The van der Waals surface area contributed by atoms with Gasteiger partial charge in [-0.25, -0.2) is 8.78 Å². The molecule has 0 heterocycles. The van der Waals surface area contributed by atoms with Crippen LogP contribution in [-0.2, 0) is 6.54 Å². The number of rotatable bonds is 4. The molecule has 0 aliphatic carbocycles. The fraction of sp³-hybridized carbons (Fsp3) is 0.200. The highest BCUT2D eigenvalue weighted by molar-refractivity contribution is 5.60. The Bertz CT molecular complexity index is 551. The van der Waals surface area contributed by atoms with Gasteiger partial charge in [-0.15, -0.1) is 0 Å². The van der Waals surface area contributed by atoms with Gasteiger partial charge < -0.3 is 10.2 Å². The molecule has 0 aromatic heterocycles. The molecule has 0 fully saturated rings. The molecule has 0 atom stereocenters. The van der Waals surface area contributed by atoms with E-state index >= 15 is 0 Å². The van der Waals surface area contributed by atoms with Crippen LogP contribution in [0.3, 0.4) is 0 Å². The highest BCUT2D eigenvalue weighted by atomic mass is 19.1. The fourth-order valence-electron chi connectivity index (χ4n) is 1.81. The Morgan fingerprint density at radius 1 is 1.00 bits per heavy atom. The molecule has 0 saturated heterocycles. The lowest BCUT2D eigenvalue weighted by atomic mass is 10.2. The van der Waals surface area contributed by atoms with E-state index in [0.717, 1.165) is 36.0 Å². The van der Waals surface area contributed by atoms with Gasteiger partial charge in [0.25, 0.3) is 0 Å². The van der Waals surface area contributed by atoms with Gasteiger partial charge in [0.1, 0.15) is 11.6 Å². The SMILES string of the molecule is CN(C)Cc1ccc(Nc2cc(F)ccc2F)cc1. The van der Waals surface area contributed by atoms with Crippen LogP contribution in [0.4, 0.5) is 20.2 Å². The number of hydrogen-bond acceptors (Lipinski definition) is 2. The van der Waals surface area contributed by atoms with Crippen LogP contribution >= 0.6 is 0 Å². The molecule has 0 spiro atoms. The summed E-state index contributed by atoms with van der Waals surface area (Å²) >= 11 is 0. The summed E-state index contributed by atoms with van der Waals surface area (Å²) in [4.78, 5) is 2.06. The normalized spacial score (nSPS) is 10.8. The maximum absolute atomic E-state index is 13.5. The van der Waals surface area contributed by atoms with Gasteiger partial charge in [-0.1, -0.05) is 12.1 Å². The van der Waals surface area contributed by atoms with Crippen molar-refractivity contribution >= 4 is 11.4 Å². The lowest BCUT2D eigenvalue weighted by Gasteiger charge is -2.11. The van der Waals surface area contributed by atoms with Gasteiger partial charge in [-0.3, -0.25) is 0 Å². The molecule has 2 aromatic rings. The quantitative estimate of drug-likeness (QED) is 0.902. The van der Waals surface area contributed by atoms with Crippen LogP contribution in [0.25, 0.3) is 0 Å². The number of nitrogens with one attached hydrogen (secondary N) is 1. The maximum atomic E-state index is 13.5. The summed E-state index contributed by atoms with van der Waals surface area (Å²) in [5, 5.41) is 2.86. The van der Waals surface area contributed by atoms with E-state index in [2.05, 4.69) is 10.2 Å². The first kappa shape index (κ1) is 13.5. The third-order valence-electron chi connectivity index (χ3n) is 2.66. The summed E-state index contributed by atoms with van der Waals surface area (Å²) in [5.74, 6) is -0.938. The molecule has 19 heavy (non-hydrogen) atoms. The summed E-state index contributed by atoms with van der Waals surface area (Å²) in [6.45, 7) is 0.842. The average Bonchev–Trinajstić information content (AvgIpc) is 2.35. The van der Waals surface area contributed by atoms with Crippen LogP contribution in [0.2, 0.25) is 0 Å². The van der Waals surface area contributed by atoms with E-state index in [1.807, 2.05) is 38.4 Å². The zero-order chi connectivity index (χ0) is 13.8. The molecule has 0 radical (unpaired) electrons. The van der Waals surface area contributed by atoms with Gasteiger partial charge in [0.2, 0.25) is 0 Å². The summed E-state index contributed by atoms with van der Waals surface area (Å²) in [5.41, 5.74) is 2.03. The summed E-state index contributed by atoms with van der Waals surface area (Å²) in [6.07, 6.45) is 0. The Morgan fingerprint density at radius 2 is 1.68 bits per heavy atom. The molecule has 100 valence electrons. The Kier molecular flexibility index (Phi) is 4.12. The predicted octanol–water partition coefficient (Wildman–Crippen LogP) is 3.77. The van der Waals surface area contributed by atoms with E-state index in [0.29, 0.717) is 0 Å². The largest absolute Gasteiger partial charge is 0.353 e. The highest BCUT2D eigenvalue weighted by Crippen LogP contribution is 2.21. The molecule has 2 rings (SSSR count). The van der Waals surface area contributed by atoms with Crippen molar-refractivity contribution in [1.82, 2.24) is 4.90 Å². The zero-order valence-corrected chi connectivity index (χ0v) is 11.0. The topological polar surface area (TPSA) is 15.3 Å². The number of nitrogens with zero attached hydrogens (tertiary/aromatic N) is 1. The number of anilines is 2. The summed E-state index contributed by atoms with van der Waals surface area (Å²) in [6, 6.07) is 11.0. The molecule has 4 heteroatoms. The van der Waals surface area contributed by atoms with Gasteiger partial charge in [0, 0.05) is 18.3 Å². The predicted molar refractivity (Wildman–Crippen MR) is 73.5 cm³/mol. The second kappa shape index (κ2) is 5.80. The standard InChI is InChI=1S/C15H16F2N2/c1-19(2)10-11-3-6-13(7-4-11)18-15-9-12(16)5-8-14(15)17/h3-9,18H,10H2,1-2H3. The van der Waals surface area contributed by atoms with Crippen molar-refractivity contribution in [1.29, 1.82) is 0 Å². The second-order valence-corrected chi connectivity index (χ2v) is 4.68. The highest BCUT2D eigenvalue weighted by Gasteiger charge is 2.04. The smallest absolute Gasteiger partial charge is 0.146 e. The molecule has 0 aliphatic heterocycles. The number of benzene rings is 2. The first-order valence-electron chi connectivity index (χ1n) is 6.00. The van der Waals surface area contributed by atoms with Crippen molar-refractivity contribution in [2.24, 2.45) is 0 Å². The third kappa shape index (κ3) is 3.76. The van der Waals surface area contributed by atoms with Crippen molar-refractivity contribution in [2.45, 2.75) is 6.54 Å². The van der Waals surface area contributed by atoms with Crippen LogP contribution in [0, 0.1) is 11.6 Å². The minimum atomic E-state index is -0.473. The molecule has 2 aromatic carbocycles. The van der Waals surface area contributed by atoms with Gasteiger partial charge in [-0.2, -0.15) is 0 Å². The number of hydrogen-bond donors (Lipinski definition) is 1. The minimum Gasteiger partial charge on any atom is -0.353 e. The van der Waals surface area contributed by atoms with Gasteiger partial charge in [0.05, 0.1) is 5.69 Å². The van der Waals surface area contributed by atoms with Crippen LogP contribution in [0.1, 0.15) is 5.56 Å². The third-order valence-corrected chi connectivity index (χ3v) is 2.66. The van der Waals surface area contributed by atoms with Gasteiger partial charge in [-0.05, 0) is 43.9 Å². The molecule has 1 N–H and O–H groups in total. The summed E-state index contributed by atoms with van der Waals surface area (Å²) < 4.78 is 26.5. The summed E-state index contributed by atoms with van der Waals surface area (Å²) in [7, 11) is 3.99. The van der Waals surface area contributed by atoms with Crippen molar-refractivity contribution in [3.8, 4) is 0 Å². The molecule has 0 bridgehead atoms. The molecule has 2 nitrogen and oxygen atoms in total. The van der Waals surface area contributed by atoms with E-state index in [4.69, 9.17) is 0 Å². The van der Waals surface area contributed by atoms with E-state index in [9.17, 15) is 8.78 Å². The van der Waals surface area contributed by atoms with Crippen molar-refractivity contribution in [3.05, 3.63) is 59.7 Å². The van der Waals surface area contributed by atoms with E-state index in [-0.39, 0.29) is 5.69 Å². The van der Waals surface area contributed by atoms with Crippen LogP contribution in [-0.4, -0.2) is 19.0 Å². The molecule has 0 aliphatic rings. The lowest BCUT2D eigenvalue weighted by molar-refractivity contribution is 0.402. The first-order valence-corrected chi connectivity index (χ1v) is 6.00. The van der Waals surface area contributed by atoms with Gasteiger partial charge in [0.15, 0.2) is 0 Å². The fourth-order valence-corrected chi connectivity index (χ4v) is 1.81. The lowest BCUT2D eigenvalue weighted by Crippen LogP contribution is -2.10. The Labute approximate surface area is 111 Å². The van der Waals surface area contributed by atoms with E-state index < -0.39 is 11.6 Å². The average molecular weight is 262 g/mol. The van der Waals surface area contributed by atoms with Crippen molar-refractivity contribution < 1.29 is 8.78 Å². The minimum absolute atomic E-state index is 0.139. The van der Waals surface area contributed by atoms with E-state index in [1.165, 1.54) is 0 Å². The zero-order valence-electron chi connectivity index (χ0n) is 11.0. The molecule has 0 unspecified atom stereocenters. The molecule has 0 amide bonds. The Hall–Kier alpha value is -1.94.